The molecule has 12 rings (SSSR count). The van der Waals surface area contributed by atoms with Crippen LogP contribution in [0.15, 0.2) is 78.9 Å². The number of carbonyl (C=O) groups excluding carboxylic acids is 7. The molecular weight excluding hydrogens is 1360 g/mol. The van der Waals surface area contributed by atoms with Gasteiger partial charge in [0.1, 0.15) is 89.5 Å². The van der Waals surface area contributed by atoms with Crippen molar-refractivity contribution in [3.8, 4) is 57.1 Å². The van der Waals surface area contributed by atoms with Crippen LogP contribution in [0.4, 0.5) is 0 Å². The molecule has 100 heavy (non-hydrogen) atoms. The van der Waals surface area contributed by atoms with Gasteiger partial charge in [0, 0.05) is 34.7 Å². The Balaban J connectivity index is 1.24. The SMILES string of the molecule is CCC(C)[C@@H](N)C(=O)N[C@H]1C(=O)N[C@@H](CC(N)=O)C(=O)N[C@H]2C(=O)N[C@H]3C(=O)N[C@H](C(=O)N[C@@H](C(=O)O)c4cc(O)cc(O)c4-c4cc3ccc4O)[C@H](O)c3ccc(c(Cl)c3)Oc3cc2cc(c3O[C@@H]2O[C@H](CO)[C@@H](O)[C@H](O)[C@H]2O[C@H]2C[C@](C)(N)[C@H](O)[C@H](C)O2)Oc2ccc(cc2Cl)[C@H]1O. The van der Waals surface area contributed by atoms with Gasteiger partial charge in [-0.1, -0.05) is 61.7 Å². The lowest BCUT2D eigenvalue weighted by atomic mass is 9.86. The minimum Gasteiger partial charge on any atom is -0.508 e. The van der Waals surface area contributed by atoms with Gasteiger partial charge < -0.3 is 129 Å². The summed E-state index contributed by atoms with van der Waals surface area (Å²) in [5.41, 5.74) is 14.2. The standard InChI is InChI=1S/C65H73Cl2N9O24/c1-5-22(2)44(69)58(88)75-48-50(82)25-7-10-36(31(66)13-25)96-38-15-27-16-39(54(38)100-64-55(53(85)52(84)40(21-77)98-64)99-42-20-65(4,70)56(86)23(3)95-42)97-37-11-8-26(14-32(37)67)51(83)49-62(92)74-47(63(93)94)30-17-28(78)18-35(80)43(30)29-12-24(6-9-34(29)79)45(59(89)76-49)73-60(90)46(27)72-57(87)33(19-41(68)81)71-61(48)91/h6-18,22-23,33,40,42,44-53,55-56,64,77-80,82-86H,5,19-21,69-70H2,1-4H3,(H2,68,81)(H,71,91)(H,72,87)(H,73,90)(H,74,92)(H,75,88)(H,76,89)(H,93,94)/t22?,23-,33-,40+,42-,44+,45+,46+,47+,48+,49-,50+,51+,52+,53-,55+,56+,64-,65-/m0/s1. The van der Waals surface area contributed by atoms with Crippen molar-refractivity contribution in [2.45, 2.75) is 156 Å². The zero-order valence-electron chi connectivity index (χ0n) is 53.4. The molecule has 7 aliphatic heterocycles. The summed E-state index contributed by atoms with van der Waals surface area (Å²) < 4.78 is 38.2. The molecule has 11 bridgehead atoms. The molecule has 0 radical (unpaired) electrons. The number of aliphatic hydroxyl groups excluding tert-OH is 6. The Morgan fingerprint density at radius 3 is 1.91 bits per heavy atom. The third-order valence-corrected chi connectivity index (χ3v) is 18.6. The fourth-order valence-electron chi connectivity index (χ4n) is 12.2. The molecule has 0 spiro atoms. The van der Waals surface area contributed by atoms with E-state index in [9.17, 15) is 75.0 Å². The van der Waals surface area contributed by atoms with Crippen LogP contribution in [0.2, 0.25) is 10.0 Å². The number of benzene rings is 5. The summed E-state index contributed by atoms with van der Waals surface area (Å²) in [5, 5.41) is 127. The van der Waals surface area contributed by atoms with Gasteiger partial charge in [-0.25, -0.2) is 4.79 Å². The van der Waals surface area contributed by atoms with Crippen molar-refractivity contribution in [1.29, 1.82) is 0 Å². The number of carboxylic acid groups (broad SMARTS) is 1. The van der Waals surface area contributed by atoms with Crippen LogP contribution in [0.1, 0.15) is 105 Å². The zero-order valence-corrected chi connectivity index (χ0v) is 54.9. The van der Waals surface area contributed by atoms with E-state index >= 15 is 14.4 Å². The predicted molar refractivity (Wildman–Crippen MR) is 344 cm³/mol. The summed E-state index contributed by atoms with van der Waals surface area (Å²) in [6.45, 7) is 5.39. The number of fused-ring (bicyclic) bond motifs is 15. The summed E-state index contributed by atoms with van der Waals surface area (Å²) in [4.78, 5) is 116. The van der Waals surface area contributed by atoms with Crippen LogP contribution < -0.4 is 63.3 Å². The first kappa shape index (κ1) is 73.5. The molecule has 536 valence electrons. The van der Waals surface area contributed by atoms with Crippen LogP contribution in [-0.4, -0.2) is 184 Å². The van der Waals surface area contributed by atoms with Gasteiger partial charge in [-0.2, -0.15) is 0 Å². The van der Waals surface area contributed by atoms with E-state index in [-0.39, 0.29) is 33.9 Å². The van der Waals surface area contributed by atoms with Crippen molar-refractivity contribution < 1.29 is 118 Å². The fourth-order valence-corrected chi connectivity index (χ4v) is 12.6. The van der Waals surface area contributed by atoms with Gasteiger partial charge in [0.05, 0.1) is 41.3 Å². The zero-order chi connectivity index (χ0) is 72.8. The summed E-state index contributed by atoms with van der Waals surface area (Å²) in [6, 6.07) is -1.19. The number of carbonyl (C=O) groups is 8. The van der Waals surface area contributed by atoms with Crippen LogP contribution in [0.3, 0.4) is 0 Å². The molecule has 5 aromatic rings. The molecule has 7 heterocycles. The number of ether oxygens (including phenoxy) is 6. The Morgan fingerprint density at radius 1 is 0.720 bits per heavy atom. The lowest BCUT2D eigenvalue weighted by Gasteiger charge is -2.47. The summed E-state index contributed by atoms with van der Waals surface area (Å²) in [5.74, 6) is -16.7. The van der Waals surface area contributed by atoms with Crippen molar-refractivity contribution in [3.05, 3.63) is 117 Å². The Labute approximate surface area is 577 Å². The highest BCUT2D eigenvalue weighted by molar-refractivity contribution is 6.32. The van der Waals surface area contributed by atoms with Crippen molar-refractivity contribution in [2.24, 2.45) is 23.1 Å². The summed E-state index contributed by atoms with van der Waals surface area (Å²) >= 11 is 14.1. The highest BCUT2D eigenvalue weighted by Gasteiger charge is 2.51. The molecule has 7 aliphatic rings. The maximum atomic E-state index is 16.0. The molecule has 2 saturated heterocycles. The first-order valence-corrected chi connectivity index (χ1v) is 32.0. The number of rotatable bonds is 12. The van der Waals surface area contributed by atoms with Gasteiger partial charge in [-0.15, -0.1) is 0 Å². The van der Waals surface area contributed by atoms with Gasteiger partial charge in [-0.3, -0.25) is 33.6 Å². The van der Waals surface area contributed by atoms with E-state index in [2.05, 4.69) is 31.9 Å². The number of primary amides is 1. The van der Waals surface area contributed by atoms with E-state index < -0.39 is 243 Å². The van der Waals surface area contributed by atoms with Gasteiger partial charge in [0.2, 0.25) is 53.4 Å². The van der Waals surface area contributed by atoms with E-state index in [4.69, 9.17) is 68.8 Å². The molecular formula is C65H73Cl2N9O24. The average Bonchev–Trinajstić information content (AvgIpc) is 0.769. The van der Waals surface area contributed by atoms with Crippen molar-refractivity contribution in [3.63, 3.8) is 0 Å². The highest BCUT2D eigenvalue weighted by atomic mass is 35.5. The third-order valence-electron chi connectivity index (χ3n) is 18.0. The number of hydrogen-bond acceptors (Lipinski definition) is 25. The Hall–Kier alpha value is -9.20. The Morgan fingerprint density at radius 2 is 1.32 bits per heavy atom. The van der Waals surface area contributed by atoms with Crippen LogP contribution >= 0.6 is 23.2 Å². The number of hydrogen-bond donors (Lipinski definition) is 19. The number of aromatic hydroxyl groups is 3. The number of carboxylic acids is 1. The second-order valence-corrected chi connectivity index (χ2v) is 26.0. The van der Waals surface area contributed by atoms with Crippen LogP contribution in [-0.2, 0) is 52.6 Å². The topological polar surface area (TPSA) is 544 Å². The summed E-state index contributed by atoms with van der Waals surface area (Å²) in [7, 11) is 0. The van der Waals surface area contributed by atoms with E-state index in [1.54, 1.807) is 13.8 Å². The van der Waals surface area contributed by atoms with E-state index in [1.165, 1.54) is 26.0 Å². The molecule has 2 fully saturated rings. The molecule has 0 aromatic heterocycles. The van der Waals surface area contributed by atoms with Gasteiger partial charge >= 0.3 is 5.97 Å². The first-order chi connectivity index (χ1) is 47.2. The fraction of sp³-hybridized carbons (Fsp3) is 0.415. The van der Waals surface area contributed by atoms with Crippen LogP contribution in [0.5, 0.6) is 46.0 Å². The maximum absolute atomic E-state index is 16.0. The largest absolute Gasteiger partial charge is 0.508 e. The summed E-state index contributed by atoms with van der Waals surface area (Å²) in [6.07, 6.45) is -18.5. The number of nitrogens with one attached hydrogen (secondary N) is 6. The molecule has 5 aromatic carbocycles. The van der Waals surface area contributed by atoms with Crippen LogP contribution in [0, 0.1) is 5.92 Å². The molecule has 22 N–H and O–H groups in total. The quantitative estimate of drug-likeness (QED) is 0.0772. The van der Waals surface area contributed by atoms with E-state index in [0.717, 1.165) is 66.7 Å². The van der Waals surface area contributed by atoms with Gasteiger partial charge in [0.15, 0.2) is 29.9 Å². The molecule has 35 heteroatoms. The number of nitrogens with two attached hydrogens (primary N) is 3. The second kappa shape index (κ2) is 29.6. The number of halogens is 2. The minimum absolute atomic E-state index is 0.188. The first-order valence-electron chi connectivity index (χ1n) is 31.2. The van der Waals surface area contributed by atoms with Crippen molar-refractivity contribution in [2.75, 3.05) is 6.61 Å². The molecule has 1 unspecified atom stereocenters. The van der Waals surface area contributed by atoms with Crippen molar-refractivity contribution in [1.82, 2.24) is 31.9 Å². The Kier molecular flexibility index (Phi) is 21.7. The van der Waals surface area contributed by atoms with Gasteiger partial charge in [0.25, 0.3) is 0 Å². The molecule has 7 amide bonds. The number of aliphatic hydroxyl groups is 6. The number of phenolic OH excluding ortho intramolecular Hbond substituents is 3. The van der Waals surface area contributed by atoms with E-state index in [0.29, 0.717) is 6.42 Å². The highest BCUT2D eigenvalue weighted by Crippen LogP contribution is 2.50. The maximum Gasteiger partial charge on any atom is 0.330 e. The molecule has 0 aliphatic carbocycles. The number of phenols is 3. The average molecular weight is 1440 g/mol. The second-order valence-electron chi connectivity index (χ2n) is 25.2. The molecule has 33 nitrogen and oxygen atoms in total. The smallest absolute Gasteiger partial charge is 0.330 e. The lowest BCUT2D eigenvalue weighted by Crippen LogP contribution is -2.64. The van der Waals surface area contributed by atoms with Crippen LogP contribution in [0.25, 0.3) is 11.1 Å². The molecule has 19 atom stereocenters. The normalized spacial score (nSPS) is 29.9. The number of aliphatic carboxylic acids is 1. The third kappa shape index (κ3) is 15.1. The van der Waals surface area contributed by atoms with Crippen molar-refractivity contribution >= 4 is 70.5 Å². The minimum atomic E-state index is -2.35. The monoisotopic (exact) mass is 1430 g/mol. The molecule has 0 saturated carbocycles. The number of amides is 7. The lowest BCUT2D eigenvalue weighted by molar-refractivity contribution is -0.333. The Bertz CT molecular complexity index is 4060. The van der Waals surface area contributed by atoms with E-state index in [1.807, 2.05) is 0 Å². The predicted octanol–water partition coefficient (Wildman–Crippen LogP) is -0.154. The van der Waals surface area contributed by atoms with Gasteiger partial charge in [-0.05, 0) is 96.6 Å².